The predicted octanol–water partition coefficient (Wildman–Crippen LogP) is 1.84. The molecule has 2 aromatic rings. The SMILES string of the molecule is COCCCNC(=O)c1cc(-c2ccccc2)n[nH]1. The second-order valence-electron chi connectivity index (χ2n) is 4.14. The minimum Gasteiger partial charge on any atom is -0.385 e. The van der Waals surface area contributed by atoms with E-state index in [0.717, 1.165) is 17.7 Å². The van der Waals surface area contributed by atoms with Crippen molar-refractivity contribution < 1.29 is 9.53 Å². The van der Waals surface area contributed by atoms with Crippen molar-refractivity contribution in [2.45, 2.75) is 6.42 Å². The van der Waals surface area contributed by atoms with Crippen molar-refractivity contribution >= 4 is 5.91 Å². The van der Waals surface area contributed by atoms with E-state index in [1.54, 1.807) is 13.2 Å². The third-order valence-electron chi connectivity index (χ3n) is 2.70. The molecule has 1 amide bonds. The van der Waals surface area contributed by atoms with E-state index >= 15 is 0 Å². The molecule has 5 nitrogen and oxygen atoms in total. The summed E-state index contributed by atoms with van der Waals surface area (Å²) in [6.07, 6.45) is 0.794. The fourth-order valence-corrected chi connectivity index (χ4v) is 1.71. The molecule has 0 aliphatic heterocycles. The van der Waals surface area contributed by atoms with E-state index in [-0.39, 0.29) is 5.91 Å². The van der Waals surface area contributed by atoms with E-state index in [9.17, 15) is 4.79 Å². The number of aromatic nitrogens is 2. The van der Waals surface area contributed by atoms with Crippen LogP contribution in [0.4, 0.5) is 0 Å². The van der Waals surface area contributed by atoms with Crippen LogP contribution in [0.15, 0.2) is 36.4 Å². The van der Waals surface area contributed by atoms with Gasteiger partial charge in [0.2, 0.25) is 0 Å². The van der Waals surface area contributed by atoms with Gasteiger partial charge in [0.1, 0.15) is 5.69 Å². The Morgan fingerprint density at radius 3 is 2.89 bits per heavy atom. The number of carbonyl (C=O) groups is 1. The lowest BCUT2D eigenvalue weighted by Gasteiger charge is -2.02. The molecule has 1 aromatic heterocycles. The largest absolute Gasteiger partial charge is 0.385 e. The van der Waals surface area contributed by atoms with Crippen molar-refractivity contribution in [2.24, 2.45) is 0 Å². The molecular weight excluding hydrogens is 242 g/mol. The van der Waals surface area contributed by atoms with Gasteiger partial charge in [-0.15, -0.1) is 0 Å². The van der Waals surface area contributed by atoms with Gasteiger partial charge in [-0.1, -0.05) is 30.3 Å². The summed E-state index contributed by atoms with van der Waals surface area (Å²) in [4.78, 5) is 11.8. The second-order valence-corrected chi connectivity index (χ2v) is 4.14. The Morgan fingerprint density at radius 1 is 1.37 bits per heavy atom. The number of carbonyl (C=O) groups excluding carboxylic acids is 1. The van der Waals surface area contributed by atoms with Gasteiger partial charge in [0, 0.05) is 25.8 Å². The summed E-state index contributed by atoms with van der Waals surface area (Å²) < 4.78 is 4.92. The molecule has 1 heterocycles. The highest BCUT2D eigenvalue weighted by Gasteiger charge is 2.09. The van der Waals surface area contributed by atoms with Gasteiger partial charge in [0.15, 0.2) is 0 Å². The Bertz CT molecular complexity index is 522. The molecule has 2 N–H and O–H groups in total. The molecule has 0 radical (unpaired) electrons. The summed E-state index contributed by atoms with van der Waals surface area (Å²) in [5.41, 5.74) is 2.22. The van der Waals surface area contributed by atoms with Crippen molar-refractivity contribution in [3.8, 4) is 11.3 Å². The Kier molecular flexibility index (Phi) is 4.69. The summed E-state index contributed by atoms with van der Waals surface area (Å²) in [5.74, 6) is -0.147. The fourth-order valence-electron chi connectivity index (χ4n) is 1.71. The first-order chi connectivity index (χ1) is 9.31. The molecule has 0 aliphatic carbocycles. The first-order valence-corrected chi connectivity index (χ1v) is 6.19. The highest BCUT2D eigenvalue weighted by atomic mass is 16.5. The van der Waals surface area contributed by atoms with Crippen molar-refractivity contribution in [3.63, 3.8) is 0 Å². The number of nitrogens with one attached hydrogen (secondary N) is 2. The Labute approximate surface area is 112 Å². The minimum atomic E-state index is -0.147. The summed E-state index contributed by atoms with van der Waals surface area (Å²) in [6.45, 7) is 1.23. The van der Waals surface area contributed by atoms with Crippen LogP contribution in [0.3, 0.4) is 0 Å². The Morgan fingerprint density at radius 2 is 2.16 bits per heavy atom. The van der Waals surface area contributed by atoms with Crippen molar-refractivity contribution in [1.82, 2.24) is 15.5 Å². The number of amides is 1. The van der Waals surface area contributed by atoms with E-state index in [1.165, 1.54) is 0 Å². The standard InChI is InChI=1S/C14H17N3O2/c1-19-9-5-8-15-14(18)13-10-12(16-17-13)11-6-3-2-4-7-11/h2-4,6-7,10H,5,8-9H2,1H3,(H,15,18)(H,16,17). The van der Waals surface area contributed by atoms with Crippen molar-refractivity contribution in [2.75, 3.05) is 20.3 Å². The lowest BCUT2D eigenvalue weighted by atomic mass is 10.1. The third kappa shape index (κ3) is 3.66. The molecule has 0 spiro atoms. The maximum absolute atomic E-state index is 11.8. The zero-order valence-electron chi connectivity index (χ0n) is 10.8. The zero-order chi connectivity index (χ0) is 13.5. The first-order valence-electron chi connectivity index (χ1n) is 6.19. The van der Waals surface area contributed by atoms with Crippen LogP contribution in [0.2, 0.25) is 0 Å². The van der Waals surface area contributed by atoms with Gasteiger partial charge >= 0.3 is 0 Å². The lowest BCUT2D eigenvalue weighted by Crippen LogP contribution is -2.25. The number of rotatable bonds is 6. The van der Waals surface area contributed by atoms with Crippen LogP contribution in [0.5, 0.6) is 0 Å². The average molecular weight is 259 g/mol. The summed E-state index contributed by atoms with van der Waals surface area (Å²) in [5, 5.41) is 9.70. The predicted molar refractivity (Wildman–Crippen MR) is 72.8 cm³/mol. The molecule has 0 aliphatic rings. The highest BCUT2D eigenvalue weighted by molar-refractivity contribution is 5.93. The number of methoxy groups -OCH3 is 1. The molecule has 0 unspecified atom stereocenters. The number of benzene rings is 1. The molecule has 2 rings (SSSR count). The van der Waals surface area contributed by atoms with E-state index in [2.05, 4.69) is 15.5 Å². The Balaban J connectivity index is 1.95. The third-order valence-corrected chi connectivity index (χ3v) is 2.70. The smallest absolute Gasteiger partial charge is 0.269 e. The molecule has 0 atom stereocenters. The molecule has 0 saturated heterocycles. The molecule has 1 aromatic carbocycles. The van der Waals surface area contributed by atoms with Crippen LogP contribution in [0.1, 0.15) is 16.9 Å². The monoisotopic (exact) mass is 259 g/mol. The van der Waals surface area contributed by atoms with Crippen molar-refractivity contribution in [1.29, 1.82) is 0 Å². The molecule has 19 heavy (non-hydrogen) atoms. The lowest BCUT2D eigenvalue weighted by molar-refractivity contribution is 0.0943. The van der Waals surface area contributed by atoms with Crippen molar-refractivity contribution in [3.05, 3.63) is 42.1 Å². The van der Waals surface area contributed by atoms with Crippen LogP contribution < -0.4 is 5.32 Å². The molecule has 5 heteroatoms. The second kappa shape index (κ2) is 6.70. The fraction of sp³-hybridized carbons (Fsp3) is 0.286. The van der Waals surface area contributed by atoms with Gasteiger partial charge in [-0.05, 0) is 12.5 Å². The average Bonchev–Trinajstić information content (AvgIpc) is 2.94. The van der Waals surface area contributed by atoms with Crippen LogP contribution in [-0.2, 0) is 4.74 Å². The number of aromatic amines is 1. The van der Waals surface area contributed by atoms with E-state index in [1.807, 2.05) is 30.3 Å². The van der Waals surface area contributed by atoms with Gasteiger partial charge < -0.3 is 10.1 Å². The first kappa shape index (κ1) is 13.3. The maximum Gasteiger partial charge on any atom is 0.269 e. The summed E-state index contributed by atoms with van der Waals surface area (Å²) in [6, 6.07) is 11.5. The van der Waals surface area contributed by atoms with Crippen LogP contribution in [0, 0.1) is 0 Å². The van der Waals surface area contributed by atoms with Gasteiger partial charge in [0.25, 0.3) is 5.91 Å². The number of H-pyrrole nitrogens is 1. The number of ether oxygens (including phenoxy) is 1. The number of hydrogen-bond donors (Lipinski definition) is 2. The summed E-state index contributed by atoms with van der Waals surface area (Å²) in [7, 11) is 1.64. The normalized spacial score (nSPS) is 10.4. The topological polar surface area (TPSA) is 67.0 Å². The van der Waals surface area contributed by atoms with E-state index < -0.39 is 0 Å². The van der Waals surface area contributed by atoms with E-state index in [4.69, 9.17) is 4.74 Å². The van der Waals surface area contributed by atoms with Gasteiger partial charge in [-0.3, -0.25) is 9.89 Å². The quantitative estimate of drug-likeness (QED) is 0.778. The minimum absolute atomic E-state index is 0.147. The highest BCUT2D eigenvalue weighted by Crippen LogP contribution is 2.16. The van der Waals surface area contributed by atoms with E-state index in [0.29, 0.717) is 18.8 Å². The van der Waals surface area contributed by atoms with Gasteiger partial charge in [0.05, 0.1) is 5.69 Å². The maximum atomic E-state index is 11.8. The number of hydrogen-bond acceptors (Lipinski definition) is 3. The van der Waals surface area contributed by atoms with Crippen LogP contribution in [0.25, 0.3) is 11.3 Å². The van der Waals surface area contributed by atoms with Crippen LogP contribution >= 0.6 is 0 Å². The number of nitrogens with zero attached hydrogens (tertiary/aromatic N) is 1. The molecular formula is C14H17N3O2. The zero-order valence-corrected chi connectivity index (χ0v) is 10.8. The molecule has 0 fully saturated rings. The molecule has 100 valence electrons. The Hall–Kier alpha value is -2.14. The molecule has 0 bridgehead atoms. The van der Waals surface area contributed by atoms with Gasteiger partial charge in [-0.25, -0.2) is 0 Å². The molecule has 0 saturated carbocycles. The summed E-state index contributed by atoms with van der Waals surface area (Å²) >= 11 is 0. The van der Waals surface area contributed by atoms with Crippen LogP contribution in [-0.4, -0.2) is 36.4 Å². The van der Waals surface area contributed by atoms with Gasteiger partial charge in [-0.2, -0.15) is 5.10 Å².